The Morgan fingerprint density at radius 3 is 2.14 bits per heavy atom. The zero-order valence-corrected chi connectivity index (χ0v) is 13.6. The highest BCUT2D eigenvalue weighted by molar-refractivity contribution is 5.94. The number of rotatable bonds is 9. The van der Waals surface area contributed by atoms with E-state index < -0.39 is 0 Å². The molecule has 118 valence electrons. The number of aryl methyl sites for hydroxylation is 1. The number of carbonyl (C=O) groups is 1. The number of hydrogen-bond acceptors (Lipinski definition) is 2. The first kappa shape index (κ1) is 17.5. The maximum absolute atomic E-state index is 12.6. The Balaban J connectivity index is 2.76. The van der Waals surface area contributed by atoms with Crippen LogP contribution in [0.25, 0.3) is 0 Å². The second-order valence-corrected chi connectivity index (χ2v) is 5.57. The van der Waals surface area contributed by atoms with E-state index in [1.54, 1.807) is 19.3 Å². The molecular formula is C17H28N2O2. The quantitative estimate of drug-likeness (QED) is 0.656. The Labute approximate surface area is 127 Å². The zero-order chi connectivity index (χ0) is 15.7. The van der Waals surface area contributed by atoms with Crippen LogP contribution in [-0.2, 0) is 7.05 Å². The molecule has 0 bridgehead atoms. The van der Waals surface area contributed by atoms with Crippen molar-refractivity contribution < 1.29 is 4.79 Å². The minimum absolute atomic E-state index is 0.0140. The number of hydrogen-bond donors (Lipinski definition) is 0. The lowest BCUT2D eigenvalue weighted by molar-refractivity contribution is 0.0749. The smallest absolute Gasteiger partial charge is 0.254 e. The first-order chi connectivity index (χ1) is 10.1. The summed E-state index contributed by atoms with van der Waals surface area (Å²) in [5.74, 6) is -0.0140. The van der Waals surface area contributed by atoms with Gasteiger partial charge in [0.1, 0.15) is 0 Å². The largest absolute Gasteiger partial charge is 0.339 e. The second kappa shape index (κ2) is 9.37. The van der Waals surface area contributed by atoms with E-state index in [-0.39, 0.29) is 11.5 Å². The lowest BCUT2D eigenvalue weighted by Crippen LogP contribution is -2.34. The predicted octanol–water partition coefficient (Wildman–Crippen LogP) is 3.21. The lowest BCUT2D eigenvalue weighted by atomic mass is 10.1. The van der Waals surface area contributed by atoms with Crippen molar-refractivity contribution in [2.75, 3.05) is 13.1 Å². The van der Waals surface area contributed by atoms with Crippen molar-refractivity contribution in [3.63, 3.8) is 0 Å². The number of carbonyl (C=O) groups excluding carboxylic acids is 1. The molecule has 0 unspecified atom stereocenters. The average Bonchev–Trinajstić information content (AvgIpc) is 2.48. The molecule has 0 aromatic carbocycles. The van der Waals surface area contributed by atoms with E-state index in [1.807, 2.05) is 4.90 Å². The summed E-state index contributed by atoms with van der Waals surface area (Å²) in [6, 6.07) is 3.17. The summed E-state index contributed by atoms with van der Waals surface area (Å²) in [6.45, 7) is 5.88. The Kier molecular flexibility index (Phi) is 7.80. The van der Waals surface area contributed by atoms with E-state index >= 15 is 0 Å². The van der Waals surface area contributed by atoms with Gasteiger partial charge in [0.25, 0.3) is 11.5 Å². The molecule has 0 fully saturated rings. The van der Waals surface area contributed by atoms with Crippen LogP contribution in [0.4, 0.5) is 0 Å². The van der Waals surface area contributed by atoms with Gasteiger partial charge in [0.05, 0.1) is 0 Å². The molecule has 0 radical (unpaired) electrons. The predicted molar refractivity (Wildman–Crippen MR) is 86.6 cm³/mol. The van der Waals surface area contributed by atoms with Gasteiger partial charge in [-0.3, -0.25) is 9.59 Å². The van der Waals surface area contributed by atoms with Gasteiger partial charge in [0.2, 0.25) is 0 Å². The fourth-order valence-electron chi connectivity index (χ4n) is 2.28. The third-order valence-corrected chi connectivity index (χ3v) is 3.70. The van der Waals surface area contributed by atoms with Gasteiger partial charge in [0.15, 0.2) is 0 Å². The second-order valence-electron chi connectivity index (χ2n) is 5.57. The fourth-order valence-corrected chi connectivity index (χ4v) is 2.28. The Morgan fingerprint density at radius 2 is 1.67 bits per heavy atom. The van der Waals surface area contributed by atoms with Crippen LogP contribution < -0.4 is 5.56 Å². The fraction of sp³-hybridized carbons (Fsp3) is 0.647. The van der Waals surface area contributed by atoms with E-state index in [2.05, 4.69) is 13.8 Å². The molecule has 1 aromatic rings. The highest BCUT2D eigenvalue weighted by Crippen LogP contribution is 2.08. The van der Waals surface area contributed by atoms with Crippen LogP contribution in [0.2, 0.25) is 0 Å². The van der Waals surface area contributed by atoms with Crippen LogP contribution in [-0.4, -0.2) is 28.5 Å². The third kappa shape index (κ3) is 5.74. The van der Waals surface area contributed by atoms with Crippen LogP contribution in [0.5, 0.6) is 0 Å². The molecule has 1 aromatic heterocycles. The molecule has 1 amide bonds. The topological polar surface area (TPSA) is 42.3 Å². The maximum Gasteiger partial charge on any atom is 0.254 e. The SMILES string of the molecule is CCCCCN(CCCCC)C(=O)c1ccn(C)c(=O)c1. The first-order valence-corrected chi connectivity index (χ1v) is 8.06. The summed E-state index contributed by atoms with van der Waals surface area (Å²) in [4.78, 5) is 26.2. The summed E-state index contributed by atoms with van der Waals surface area (Å²) in [6.07, 6.45) is 8.26. The van der Waals surface area contributed by atoms with Crippen molar-refractivity contribution in [2.45, 2.75) is 52.4 Å². The molecule has 0 aliphatic carbocycles. The molecule has 1 rings (SSSR count). The normalized spacial score (nSPS) is 10.6. The van der Waals surface area contributed by atoms with Gasteiger partial charge in [0, 0.05) is 38.0 Å². The van der Waals surface area contributed by atoms with E-state index in [0.717, 1.165) is 51.6 Å². The average molecular weight is 292 g/mol. The van der Waals surface area contributed by atoms with Crippen molar-refractivity contribution in [3.8, 4) is 0 Å². The van der Waals surface area contributed by atoms with Gasteiger partial charge < -0.3 is 9.47 Å². The van der Waals surface area contributed by atoms with Crippen LogP contribution in [0, 0.1) is 0 Å². The standard InChI is InChI=1S/C17H28N2O2/c1-4-6-8-11-19(12-9-7-5-2)17(21)15-10-13-18(3)16(20)14-15/h10,13-14H,4-9,11-12H2,1-3H3. The van der Waals surface area contributed by atoms with Crippen molar-refractivity contribution in [1.82, 2.24) is 9.47 Å². The molecule has 21 heavy (non-hydrogen) atoms. The summed E-state index contributed by atoms with van der Waals surface area (Å²) < 4.78 is 1.48. The number of amides is 1. The van der Waals surface area contributed by atoms with Crippen molar-refractivity contribution in [2.24, 2.45) is 7.05 Å². The molecule has 0 atom stereocenters. The van der Waals surface area contributed by atoms with E-state index in [4.69, 9.17) is 0 Å². The number of unbranched alkanes of at least 4 members (excludes halogenated alkanes) is 4. The molecule has 0 saturated carbocycles. The van der Waals surface area contributed by atoms with Crippen LogP contribution in [0.3, 0.4) is 0 Å². The van der Waals surface area contributed by atoms with Gasteiger partial charge in [-0.25, -0.2) is 0 Å². The Bertz CT molecular complexity index is 484. The van der Waals surface area contributed by atoms with E-state index in [0.29, 0.717) is 5.56 Å². The van der Waals surface area contributed by atoms with Crippen molar-refractivity contribution >= 4 is 5.91 Å². The summed E-state index contributed by atoms with van der Waals surface area (Å²) >= 11 is 0. The Hall–Kier alpha value is -1.58. The highest BCUT2D eigenvalue weighted by atomic mass is 16.2. The van der Waals surface area contributed by atoms with Gasteiger partial charge in [-0.15, -0.1) is 0 Å². The van der Waals surface area contributed by atoms with Gasteiger partial charge in [-0.05, 0) is 18.9 Å². The zero-order valence-electron chi connectivity index (χ0n) is 13.6. The van der Waals surface area contributed by atoms with E-state index in [9.17, 15) is 9.59 Å². The molecular weight excluding hydrogens is 264 g/mol. The van der Waals surface area contributed by atoms with Gasteiger partial charge >= 0.3 is 0 Å². The number of pyridine rings is 1. The highest BCUT2D eigenvalue weighted by Gasteiger charge is 2.15. The van der Waals surface area contributed by atoms with Crippen molar-refractivity contribution in [3.05, 3.63) is 34.2 Å². The summed E-state index contributed by atoms with van der Waals surface area (Å²) in [7, 11) is 1.69. The lowest BCUT2D eigenvalue weighted by Gasteiger charge is -2.23. The summed E-state index contributed by atoms with van der Waals surface area (Å²) in [5, 5.41) is 0. The summed E-state index contributed by atoms with van der Waals surface area (Å²) in [5.41, 5.74) is 0.369. The minimum atomic E-state index is -0.136. The monoisotopic (exact) mass is 292 g/mol. The molecule has 0 saturated heterocycles. The van der Waals surface area contributed by atoms with Crippen LogP contribution in [0.1, 0.15) is 62.7 Å². The molecule has 1 heterocycles. The van der Waals surface area contributed by atoms with Crippen molar-refractivity contribution in [1.29, 1.82) is 0 Å². The molecule has 0 aliphatic heterocycles. The number of aromatic nitrogens is 1. The van der Waals surface area contributed by atoms with E-state index in [1.165, 1.54) is 10.6 Å². The third-order valence-electron chi connectivity index (χ3n) is 3.70. The minimum Gasteiger partial charge on any atom is -0.339 e. The molecule has 4 heteroatoms. The van der Waals surface area contributed by atoms with Crippen LogP contribution >= 0.6 is 0 Å². The molecule has 0 N–H and O–H groups in total. The van der Waals surface area contributed by atoms with Gasteiger partial charge in [-0.1, -0.05) is 39.5 Å². The molecule has 0 spiro atoms. The van der Waals surface area contributed by atoms with Crippen LogP contribution in [0.15, 0.2) is 23.1 Å². The maximum atomic E-state index is 12.6. The first-order valence-electron chi connectivity index (χ1n) is 8.06. The molecule has 4 nitrogen and oxygen atoms in total. The molecule has 0 aliphatic rings. The van der Waals surface area contributed by atoms with Gasteiger partial charge in [-0.2, -0.15) is 0 Å². The Morgan fingerprint density at radius 1 is 1.10 bits per heavy atom. The number of nitrogens with zero attached hydrogens (tertiary/aromatic N) is 2.